The molecule has 0 aliphatic carbocycles. The van der Waals surface area contributed by atoms with Crippen LogP contribution in [0.4, 0.5) is 8.78 Å². The summed E-state index contributed by atoms with van der Waals surface area (Å²) >= 11 is 0. The number of rotatable bonds is 4. The van der Waals surface area contributed by atoms with Crippen molar-refractivity contribution in [3.05, 3.63) is 77.4 Å². The summed E-state index contributed by atoms with van der Waals surface area (Å²) in [7, 11) is -4.34. The van der Waals surface area contributed by atoms with E-state index in [0.29, 0.717) is 28.9 Å². The molecule has 4 aromatic rings. The van der Waals surface area contributed by atoms with Crippen molar-refractivity contribution in [3.63, 3.8) is 0 Å². The second-order valence-electron chi connectivity index (χ2n) is 6.75. The molecule has 0 unspecified atom stereocenters. The molecule has 0 spiro atoms. The molecule has 0 radical (unpaired) electrons. The van der Waals surface area contributed by atoms with E-state index in [4.69, 9.17) is 9.25 Å². The van der Waals surface area contributed by atoms with Crippen LogP contribution in [0.15, 0.2) is 53.6 Å². The standard InChI is InChI=1S/C21H18F2N4O2S/c1-12-20(14-6-4-3-5-7-14)21-19(10-25-12)26-13(2)27(21)11-16-17(22)8-15(9-18(16)23)30(24,28)29/h3-10H,11H2,1-2H3,(H2,24,28,29)/i2D3. The Morgan fingerprint density at radius 3 is 2.43 bits per heavy atom. The minimum absolute atomic E-state index is 0.243. The van der Waals surface area contributed by atoms with Crippen LogP contribution in [0.1, 0.15) is 21.2 Å². The number of imidazole rings is 1. The molecule has 0 amide bonds. The number of benzene rings is 2. The molecule has 0 aliphatic rings. The SMILES string of the molecule is [2H]C([2H])([2H])c1nc2cnc(C)c(-c3ccccc3)c2n1Cc1c(F)cc(S(N)(=O)=O)cc1F. The number of primary sulfonamides is 1. The quantitative estimate of drug-likeness (QED) is 0.534. The van der Waals surface area contributed by atoms with Crippen LogP contribution >= 0.6 is 0 Å². The number of halogens is 2. The van der Waals surface area contributed by atoms with Crippen LogP contribution in [0.2, 0.25) is 0 Å². The lowest BCUT2D eigenvalue weighted by molar-refractivity contribution is 0.535. The van der Waals surface area contributed by atoms with Gasteiger partial charge in [-0.25, -0.2) is 27.3 Å². The van der Waals surface area contributed by atoms with Crippen LogP contribution in [-0.2, 0) is 16.6 Å². The molecule has 0 aliphatic heterocycles. The van der Waals surface area contributed by atoms with Gasteiger partial charge in [0.05, 0.1) is 23.2 Å². The molecule has 2 N–H and O–H groups in total. The Kier molecular flexibility index (Phi) is 4.02. The predicted octanol–water partition coefficient (Wildman–Crippen LogP) is 3.69. The highest BCUT2D eigenvalue weighted by Gasteiger charge is 2.21. The minimum atomic E-state index is -4.34. The van der Waals surface area contributed by atoms with E-state index in [1.165, 1.54) is 10.8 Å². The average Bonchev–Trinajstić information content (AvgIpc) is 3.09. The lowest BCUT2D eigenvalue weighted by Crippen LogP contribution is -2.14. The van der Waals surface area contributed by atoms with Crippen molar-refractivity contribution < 1.29 is 21.3 Å². The summed E-state index contributed by atoms with van der Waals surface area (Å²) in [6.07, 6.45) is 1.40. The van der Waals surface area contributed by atoms with Crippen molar-refractivity contribution in [3.8, 4) is 11.1 Å². The molecule has 30 heavy (non-hydrogen) atoms. The average molecular weight is 431 g/mol. The van der Waals surface area contributed by atoms with Gasteiger partial charge in [0.15, 0.2) is 0 Å². The van der Waals surface area contributed by atoms with Crippen LogP contribution in [0.3, 0.4) is 0 Å². The van der Waals surface area contributed by atoms with Crippen LogP contribution in [0, 0.1) is 25.4 Å². The third-order valence-electron chi connectivity index (χ3n) is 4.80. The van der Waals surface area contributed by atoms with E-state index in [1.54, 1.807) is 31.2 Å². The number of nitrogens with zero attached hydrogens (tertiary/aromatic N) is 3. The minimum Gasteiger partial charge on any atom is -0.323 e. The monoisotopic (exact) mass is 431 g/mol. The van der Waals surface area contributed by atoms with E-state index in [0.717, 1.165) is 5.56 Å². The predicted molar refractivity (Wildman–Crippen MR) is 109 cm³/mol. The molecule has 154 valence electrons. The van der Waals surface area contributed by atoms with Crippen molar-refractivity contribution in [2.75, 3.05) is 0 Å². The summed E-state index contributed by atoms with van der Waals surface area (Å²) in [5.74, 6) is -2.73. The fourth-order valence-corrected chi connectivity index (χ4v) is 3.91. The summed E-state index contributed by atoms with van der Waals surface area (Å²) in [6.45, 7) is -1.51. The first-order valence-electron chi connectivity index (χ1n) is 10.3. The summed E-state index contributed by atoms with van der Waals surface area (Å²) in [5, 5.41) is 4.98. The number of sulfonamides is 1. The van der Waals surface area contributed by atoms with Crippen LogP contribution in [0.25, 0.3) is 22.2 Å². The lowest BCUT2D eigenvalue weighted by atomic mass is 10.0. The second kappa shape index (κ2) is 7.26. The highest BCUT2D eigenvalue weighted by molar-refractivity contribution is 7.89. The summed E-state index contributed by atoms with van der Waals surface area (Å²) in [6, 6.07) is 10.2. The topological polar surface area (TPSA) is 90.9 Å². The van der Waals surface area contributed by atoms with Crippen molar-refractivity contribution in [2.45, 2.75) is 25.2 Å². The first-order chi connectivity index (χ1) is 15.4. The number of hydrogen-bond acceptors (Lipinski definition) is 4. The van der Waals surface area contributed by atoms with Gasteiger partial charge >= 0.3 is 0 Å². The lowest BCUT2D eigenvalue weighted by Gasteiger charge is -2.14. The van der Waals surface area contributed by atoms with Gasteiger partial charge in [-0.15, -0.1) is 0 Å². The Bertz CT molecular complexity index is 1460. The number of nitrogens with two attached hydrogens (primary N) is 1. The maximum Gasteiger partial charge on any atom is 0.238 e. The maximum absolute atomic E-state index is 14.8. The fraction of sp³-hybridized carbons (Fsp3) is 0.143. The largest absolute Gasteiger partial charge is 0.323 e. The summed E-state index contributed by atoms with van der Waals surface area (Å²) < 4.78 is 77.6. The Balaban J connectivity index is 2.02. The molecule has 2 aromatic heterocycles. The molecular weight excluding hydrogens is 410 g/mol. The van der Waals surface area contributed by atoms with Crippen molar-refractivity contribution in [1.82, 2.24) is 14.5 Å². The summed E-state index contributed by atoms with van der Waals surface area (Å²) in [4.78, 5) is 7.79. The molecule has 2 aromatic carbocycles. The molecule has 2 heterocycles. The van der Waals surface area contributed by atoms with E-state index in [1.807, 2.05) is 6.07 Å². The van der Waals surface area contributed by atoms with E-state index in [9.17, 15) is 17.2 Å². The highest BCUT2D eigenvalue weighted by atomic mass is 32.2. The molecule has 0 fully saturated rings. The highest BCUT2D eigenvalue weighted by Crippen LogP contribution is 2.32. The van der Waals surface area contributed by atoms with Crippen LogP contribution in [0.5, 0.6) is 0 Å². The zero-order chi connectivity index (χ0) is 24.1. The Morgan fingerprint density at radius 1 is 1.17 bits per heavy atom. The van der Waals surface area contributed by atoms with Crippen molar-refractivity contribution in [2.24, 2.45) is 5.14 Å². The van der Waals surface area contributed by atoms with Gasteiger partial charge < -0.3 is 4.57 Å². The van der Waals surface area contributed by atoms with Crippen LogP contribution in [-0.4, -0.2) is 23.0 Å². The number of aryl methyl sites for hydroxylation is 2. The zero-order valence-corrected chi connectivity index (χ0v) is 16.5. The van der Waals surface area contributed by atoms with Crippen LogP contribution < -0.4 is 5.14 Å². The normalized spacial score (nSPS) is 13.8. The Labute approximate surface area is 176 Å². The van der Waals surface area contributed by atoms with Gasteiger partial charge in [-0.3, -0.25) is 4.98 Å². The van der Waals surface area contributed by atoms with Gasteiger partial charge in [-0.2, -0.15) is 0 Å². The smallest absolute Gasteiger partial charge is 0.238 e. The van der Waals surface area contributed by atoms with Gasteiger partial charge in [0.1, 0.15) is 23.0 Å². The second-order valence-corrected chi connectivity index (χ2v) is 8.31. The summed E-state index contributed by atoms with van der Waals surface area (Å²) in [5.41, 5.74) is 1.91. The molecule has 9 heteroatoms. The van der Waals surface area contributed by atoms with E-state index < -0.39 is 45.5 Å². The Hall–Kier alpha value is -3.17. The van der Waals surface area contributed by atoms with Gasteiger partial charge in [0, 0.05) is 20.9 Å². The van der Waals surface area contributed by atoms with E-state index in [2.05, 4.69) is 9.97 Å². The molecular formula is C21H18F2N4O2S. The first-order valence-corrected chi connectivity index (χ1v) is 10.3. The number of hydrogen-bond donors (Lipinski definition) is 1. The molecule has 0 saturated heterocycles. The molecule has 6 nitrogen and oxygen atoms in total. The number of pyridine rings is 1. The van der Waals surface area contributed by atoms with E-state index in [-0.39, 0.29) is 11.3 Å². The fourth-order valence-electron chi connectivity index (χ4n) is 3.38. The first kappa shape index (κ1) is 16.6. The molecule has 0 saturated carbocycles. The van der Waals surface area contributed by atoms with Crippen molar-refractivity contribution in [1.29, 1.82) is 0 Å². The van der Waals surface area contributed by atoms with Gasteiger partial charge in [0.25, 0.3) is 0 Å². The van der Waals surface area contributed by atoms with Crippen molar-refractivity contribution >= 4 is 21.1 Å². The van der Waals surface area contributed by atoms with Gasteiger partial charge in [0.2, 0.25) is 10.0 Å². The van der Waals surface area contributed by atoms with Gasteiger partial charge in [-0.05, 0) is 31.5 Å². The molecule has 4 rings (SSSR count). The van der Waals surface area contributed by atoms with Gasteiger partial charge in [-0.1, -0.05) is 30.3 Å². The number of aromatic nitrogens is 3. The Morgan fingerprint density at radius 2 is 1.83 bits per heavy atom. The van der Waals surface area contributed by atoms with E-state index >= 15 is 0 Å². The zero-order valence-electron chi connectivity index (χ0n) is 18.7. The molecule has 0 bridgehead atoms. The third-order valence-corrected chi connectivity index (χ3v) is 5.69. The number of fused-ring (bicyclic) bond motifs is 1. The molecule has 0 atom stereocenters. The maximum atomic E-state index is 14.8. The third kappa shape index (κ3) is 3.46.